The molecule has 3 rings (SSSR count). The SMILES string of the molecule is CN=C(NCc1cccnc1Oc1cccc(F)c1)N1CCN(C(C)C(F)(F)F)CC1.I. The zero-order chi connectivity index (χ0) is 22.4. The summed E-state index contributed by atoms with van der Waals surface area (Å²) in [7, 11) is 1.63. The molecule has 2 aromatic rings. The fourth-order valence-corrected chi connectivity index (χ4v) is 3.33. The lowest BCUT2D eigenvalue weighted by Crippen LogP contribution is -2.56. The number of hydrogen-bond acceptors (Lipinski definition) is 4. The van der Waals surface area contributed by atoms with E-state index in [0.29, 0.717) is 50.3 Å². The maximum Gasteiger partial charge on any atom is 0.403 e. The van der Waals surface area contributed by atoms with Crippen LogP contribution in [0, 0.1) is 5.82 Å². The van der Waals surface area contributed by atoms with Crippen LogP contribution in [0.3, 0.4) is 0 Å². The normalized spacial score (nSPS) is 16.3. The molecule has 1 N–H and O–H groups in total. The van der Waals surface area contributed by atoms with Crippen molar-refractivity contribution in [3.8, 4) is 11.6 Å². The Labute approximate surface area is 201 Å². The minimum Gasteiger partial charge on any atom is -0.439 e. The van der Waals surface area contributed by atoms with Gasteiger partial charge in [0.05, 0.1) is 0 Å². The van der Waals surface area contributed by atoms with Crippen LogP contribution in [0.15, 0.2) is 47.6 Å². The fourth-order valence-electron chi connectivity index (χ4n) is 3.33. The highest BCUT2D eigenvalue weighted by Gasteiger charge is 2.41. The van der Waals surface area contributed by atoms with Crippen molar-refractivity contribution in [2.24, 2.45) is 4.99 Å². The summed E-state index contributed by atoms with van der Waals surface area (Å²) in [5.41, 5.74) is 0.734. The molecule has 6 nitrogen and oxygen atoms in total. The number of halogens is 5. The van der Waals surface area contributed by atoms with Crippen LogP contribution >= 0.6 is 24.0 Å². The van der Waals surface area contributed by atoms with Gasteiger partial charge in [-0.25, -0.2) is 9.37 Å². The number of benzene rings is 1. The predicted octanol–water partition coefficient (Wildman–Crippen LogP) is 4.27. The van der Waals surface area contributed by atoms with Crippen molar-refractivity contribution in [2.75, 3.05) is 33.2 Å². The Morgan fingerprint density at radius 1 is 1.19 bits per heavy atom. The number of rotatable bonds is 5. The Morgan fingerprint density at radius 3 is 2.53 bits per heavy atom. The molecule has 1 aliphatic heterocycles. The summed E-state index contributed by atoms with van der Waals surface area (Å²) in [5, 5.41) is 3.21. The fraction of sp³-hybridized carbons (Fsp3) is 0.429. The van der Waals surface area contributed by atoms with Crippen LogP contribution in [0.2, 0.25) is 0 Å². The third-order valence-electron chi connectivity index (χ3n) is 5.14. The minimum atomic E-state index is -4.24. The molecule has 1 aromatic heterocycles. The van der Waals surface area contributed by atoms with Gasteiger partial charge in [-0.05, 0) is 25.1 Å². The van der Waals surface area contributed by atoms with Crippen LogP contribution in [0.4, 0.5) is 17.6 Å². The van der Waals surface area contributed by atoms with Crippen molar-refractivity contribution >= 4 is 29.9 Å². The van der Waals surface area contributed by atoms with Crippen LogP contribution in [0.25, 0.3) is 0 Å². The Kier molecular flexibility index (Phi) is 9.49. The van der Waals surface area contributed by atoms with E-state index in [0.717, 1.165) is 5.56 Å². The van der Waals surface area contributed by atoms with Gasteiger partial charge in [0.25, 0.3) is 0 Å². The minimum absolute atomic E-state index is 0. The predicted molar refractivity (Wildman–Crippen MR) is 125 cm³/mol. The molecule has 1 atom stereocenters. The number of guanidine groups is 1. The van der Waals surface area contributed by atoms with E-state index >= 15 is 0 Å². The monoisotopic (exact) mass is 567 g/mol. The lowest BCUT2D eigenvalue weighted by molar-refractivity contribution is -0.181. The highest BCUT2D eigenvalue weighted by molar-refractivity contribution is 14.0. The number of nitrogens with one attached hydrogen (secondary N) is 1. The standard InChI is InChI=1S/C21H25F4N5O.HI/c1-15(21(23,24)25)29-9-11-30(12-10-29)20(26-2)28-14-16-5-4-8-27-19(16)31-18-7-3-6-17(22)13-18;/h3-8,13,15H,9-12,14H2,1-2H3,(H,26,28);1H. The second-order valence-corrected chi connectivity index (χ2v) is 7.17. The van der Waals surface area contributed by atoms with Crippen molar-refractivity contribution in [1.82, 2.24) is 20.1 Å². The largest absolute Gasteiger partial charge is 0.439 e. The summed E-state index contributed by atoms with van der Waals surface area (Å²) < 4.78 is 58.0. The summed E-state index contributed by atoms with van der Waals surface area (Å²) in [6.07, 6.45) is -2.66. The molecule has 0 spiro atoms. The van der Waals surface area contributed by atoms with Crippen molar-refractivity contribution in [3.05, 3.63) is 54.0 Å². The zero-order valence-corrected chi connectivity index (χ0v) is 20.1. The summed E-state index contributed by atoms with van der Waals surface area (Å²) in [6.45, 7) is 2.97. The Morgan fingerprint density at radius 2 is 1.91 bits per heavy atom. The van der Waals surface area contributed by atoms with E-state index in [1.807, 2.05) is 11.0 Å². The molecular formula is C21H26F4IN5O. The molecule has 0 amide bonds. The van der Waals surface area contributed by atoms with Gasteiger partial charge in [-0.1, -0.05) is 12.1 Å². The molecule has 11 heteroatoms. The van der Waals surface area contributed by atoms with Gasteiger partial charge >= 0.3 is 6.18 Å². The van der Waals surface area contributed by atoms with E-state index in [9.17, 15) is 17.6 Å². The zero-order valence-electron chi connectivity index (χ0n) is 17.8. The van der Waals surface area contributed by atoms with Gasteiger partial charge in [-0.2, -0.15) is 13.2 Å². The van der Waals surface area contributed by atoms with Gasteiger partial charge in [-0.3, -0.25) is 9.89 Å². The second-order valence-electron chi connectivity index (χ2n) is 7.17. The molecule has 0 saturated carbocycles. The topological polar surface area (TPSA) is 53.0 Å². The molecule has 32 heavy (non-hydrogen) atoms. The lowest BCUT2D eigenvalue weighted by atomic mass is 10.2. The molecule has 0 aliphatic carbocycles. The molecule has 1 saturated heterocycles. The Hall–Kier alpha value is -2.15. The van der Waals surface area contributed by atoms with Gasteiger partial charge in [-0.15, -0.1) is 24.0 Å². The van der Waals surface area contributed by atoms with Crippen LogP contribution < -0.4 is 10.1 Å². The van der Waals surface area contributed by atoms with Gasteiger partial charge in [0, 0.05) is 57.6 Å². The van der Waals surface area contributed by atoms with Crippen LogP contribution in [0.1, 0.15) is 12.5 Å². The first kappa shape index (κ1) is 26.1. The van der Waals surface area contributed by atoms with E-state index < -0.39 is 18.0 Å². The highest BCUT2D eigenvalue weighted by atomic mass is 127. The van der Waals surface area contributed by atoms with Crippen molar-refractivity contribution in [3.63, 3.8) is 0 Å². The number of alkyl halides is 3. The maximum atomic E-state index is 13.4. The van der Waals surface area contributed by atoms with E-state index in [-0.39, 0.29) is 24.0 Å². The summed E-state index contributed by atoms with van der Waals surface area (Å²) in [5.74, 6) is 0.839. The number of nitrogens with zero attached hydrogens (tertiary/aromatic N) is 4. The van der Waals surface area contributed by atoms with E-state index in [4.69, 9.17) is 4.74 Å². The number of ether oxygens (including phenoxy) is 1. The van der Waals surface area contributed by atoms with Crippen LogP contribution in [0.5, 0.6) is 11.6 Å². The smallest absolute Gasteiger partial charge is 0.403 e. The average molecular weight is 567 g/mol. The first-order valence-electron chi connectivity index (χ1n) is 9.91. The first-order valence-corrected chi connectivity index (χ1v) is 9.91. The summed E-state index contributed by atoms with van der Waals surface area (Å²) in [6, 6.07) is 7.89. The van der Waals surface area contributed by atoms with Gasteiger partial charge in [0.2, 0.25) is 5.88 Å². The van der Waals surface area contributed by atoms with Crippen LogP contribution in [-0.2, 0) is 6.54 Å². The van der Waals surface area contributed by atoms with Gasteiger partial charge in [0.1, 0.15) is 17.6 Å². The van der Waals surface area contributed by atoms with Crippen molar-refractivity contribution < 1.29 is 22.3 Å². The molecule has 0 bridgehead atoms. The molecule has 2 heterocycles. The number of piperazine rings is 1. The van der Waals surface area contributed by atoms with Crippen LogP contribution in [-0.4, -0.2) is 66.2 Å². The molecule has 1 aliphatic rings. The number of pyridine rings is 1. The van der Waals surface area contributed by atoms with E-state index in [2.05, 4.69) is 15.3 Å². The third kappa shape index (κ3) is 6.92. The molecule has 1 unspecified atom stereocenters. The third-order valence-corrected chi connectivity index (χ3v) is 5.14. The molecule has 1 aromatic carbocycles. The summed E-state index contributed by atoms with van der Waals surface area (Å²) in [4.78, 5) is 11.8. The Bertz CT molecular complexity index is 904. The highest BCUT2D eigenvalue weighted by Crippen LogP contribution is 2.26. The first-order chi connectivity index (χ1) is 14.8. The lowest BCUT2D eigenvalue weighted by Gasteiger charge is -2.39. The molecule has 176 valence electrons. The second kappa shape index (κ2) is 11.6. The quantitative estimate of drug-likeness (QED) is 0.253. The van der Waals surface area contributed by atoms with Crippen molar-refractivity contribution in [2.45, 2.75) is 25.7 Å². The van der Waals surface area contributed by atoms with Gasteiger partial charge < -0.3 is 15.0 Å². The van der Waals surface area contributed by atoms with Crippen molar-refractivity contribution in [1.29, 1.82) is 0 Å². The molecular weight excluding hydrogens is 541 g/mol. The maximum absolute atomic E-state index is 13.4. The number of aliphatic imine (C=N–C) groups is 1. The summed E-state index contributed by atoms with van der Waals surface area (Å²) >= 11 is 0. The van der Waals surface area contributed by atoms with E-state index in [1.165, 1.54) is 24.0 Å². The Balaban J connectivity index is 0.00000363. The molecule has 0 radical (unpaired) electrons. The molecule has 1 fully saturated rings. The van der Waals surface area contributed by atoms with E-state index in [1.54, 1.807) is 31.4 Å². The van der Waals surface area contributed by atoms with Gasteiger partial charge in [0.15, 0.2) is 5.96 Å². The number of hydrogen-bond donors (Lipinski definition) is 1. The number of aromatic nitrogens is 1. The average Bonchev–Trinajstić information content (AvgIpc) is 2.74.